The molecule has 2 aliphatic heterocycles. The summed E-state index contributed by atoms with van der Waals surface area (Å²) in [5.74, 6) is -1.12. The lowest BCUT2D eigenvalue weighted by molar-refractivity contribution is -0.125. The Morgan fingerprint density at radius 1 is 1.12 bits per heavy atom. The van der Waals surface area contributed by atoms with Crippen molar-refractivity contribution in [1.82, 2.24) is 14.9 Å². The van der Waals surface area contributed by atoms with Gasteiger partial charge in [-0.3, -0.25) is 9.59 Å². The van der Waals surface area contributed by atoms with E-state index in [1.54, 1.807) is 19.1 Å². The maximum absolute atomic E-state index is 13.6. The summed E-state index contributed by atoms with van der Waals surface area (Å²) in [7, 11) is -4.10. The Hall–Kier alpha value is -2.17. The third kappa shape index (κ3) is 6.91. The Labute approximate surface area is 196 Å². The number of nitrogens with zero attached hydrogens (tertiary/aromatic N) is 1. The van der Waals surface area contributed by atoms with Crippen LogP contribution in [-0.4, -0.2) is 62.9 Å². The molecule has 10 heteroatoms. The van der Waals surface area contributed by atoms with Crippen LogP contribution in [0.1, 0.15) is 45.4 Å². The number of carbonyl (C=O) groups is 2. The van der Waals surface area contributed by atoms with E-state index >= 15 is 0 Å². The summed E-state index contributed by atoms with van der Waals surface area (Å²) in [4.78, 5) is 24.5. The van der Waals surface area contributed by atoms with Crippen LogP contribution in [0.5, 0.6) is 5.75 Å². The first-order valence-corrected chi connectivity index (χ1v) is 13.1. The van der Waals surface area contributed by atoms with Gasteiger partial charge in [0, 0.05) is 12.5 Å². The smallest absolute Gasteiger partial charge is 0.266 e. The molecule has 9 nitrogen and oxygen atoms in total. The van der Waals surface area contributed by atoms with Gasteiger partial charge in [-0.05, 0) is 76.0 Å². The van der Waals surface area contributed by atoms with Gasteiger partial charge in [-0.2, -0.15) is 0 Å². The van der Waals surface area contributed by atoms with Crippen molar-refractivity contribution >= 4 is 21.8 Å². The van der Waals surface area contributed by atoms with Gasteiger partial charge < -0.3 is 21.1 Å². The number of carbonyl (C=O) groups excluding carboxylic acids is 2. The molecule has 0 saturated carbocycles. The fourth-order valence-corrected chi connectivity index (χ4v) is 5.68. The second-order valence-corrected chi connectivity index (χ2v) is 10.6. The molecule has 0 aromatic heterocycles. The van der Waals surface area contributed by atoms with Crippen LogP contribution >= 0.6 is 0 Å². The number of hydrogen-bond donors (Lipinski definition) is 3. The van der Waals surface area contributed by atoms with Gasteiger partial charge in [-0.25, -0.2) is 12.7 Å². The van der Waals surface area contributed by atoms with E-state index < -0.39 is 33.8 Å². The standard InChI is InChI=1S/C23H35N4O5S/c1-17(23(24)29)5-10-22(28)27(18-4-2-3-13-26-16-18)33(30,31)21-8-6-19(7-9-21)32-20-11-14-25-15-12-20/h6-10,17-18,20,25-26H,2-5,11-16H2,1H3,(H2,24,29)/t17?,18-/m0/s1. The van der Waals surface area contributed by atoms with E-state index in [1.807, 2.05) is 0 Å². The monoisotopic (exact) mass is 479 g/mol. The first-order valence-electron chi connectivity index (χ1n) is 11.7. The minimum absolute atomic E-state index is 0.0362. The van der Waals surface area contributed by atoms with Gasteiger partial charge in [0.1, 0.15) is 11.9 Å². The minimum Gasteiger partial charge on any atom is -0.490 e. The van der Waals surface area contributed by atoms with E-state index in [0.29, 0.717) is 18.7 Å². The fourth-order valence-electron chi connectivity index (χ4n) is 4.09. The Morgan fingerprint density at radius 3 is 2.48 bits per heavy atom. The lowest BCUT2D eigenvalue weighted by atomic mass is 10.0. The molecular weight excluding hydrogens is 444 g/mol. The molecule has 1 aromatic carbocycles. The van der Waals surface area contributed by atoms with E-state index in [0.717, 1.165) is 49.6 Å². The Bertz CT molecular complexity index is 892. The zero-order chi connectivity index (χ0) is 23.8. The van der Waals surface area contributed by atoms with Crippen molar-refractivity contribution in [1.29, 1.82) is 0 Å². The highest BCUT2D eigenvalue weighted by atomic mass is 32.2. The van der Waals surface area contributed by atoms with Gasteiger partial charge in [0.05, 0.1) is 17.4 Å². The summed E-state index contributed by atoms with van der Waals surface area (Å²) >= 11 is 0. The number of rotatable bonds is 9. The van der Waals surface area contributed by atoms with Crippen molar-refractivity contribution in [2.75, 3.05) is 26.2 Å². The van der Waals surface area contributed by atoms with Crippen LogP contribution in [-0.2, 0) is 19.6 Å². The molecule has 2 heterocycles. The second-order valence-electron chi connectivity index (χ2n) is 8.77. The molecule has 4 N–H and O–H groups in total. The average molecular weight is 480 g/mol. The topological polar surface area (TPSA) is 131 Å². The number of nitrogens with one attached hydrogen (secondary N) is 2. The summed E-state index contributed by atoms with van der Waals surface area (Å²) in [6.07, 6.45) is 5.56. The molecule has 2 amide bonds. The van der Waals surface area contributed by atoms with Gasteiger partial charge in [0.25, 0.3) is 10.0 Å². The highest BCUT2D eigenvalue weighted by Gasteiger charge is 2.36. The highest BCUT2D eigenvalue weighted by Crippen LogP contribution is 2.26. The summed E-state index contributed by atoms with van der Waals surface area (Å²) in [6, 6.07) is 5.75. The largest absolute Gasteiger partial charge is 0.490 e. The molecule has 3 rings (SSSR count). The van der Waals surface area contributed by atoms with Gasteiger partial charge in [-0.15, -0.1) is 0 Å². The molecule has 0 bridgehead atoms. The van der Waals surface area contributed by atoms with E-state index in [4.69, 9.17) is 10.5 Å². The van der Waals surface area contributed by atoms with Crippen LogP contribution in [0.15, 0.2) is 29.2 Å². The molecule has 33 heavy (non-hydrogen) atoms. The van der Waals surface area contributed by atoms with E-state index in [-0.39, 0.29) is 17.4 Å². The Morgan fingerprint density at radius 2 is 1.82 bits per heavy atom. The van der Waals surface area contributed by atoms with Gasteiger partial charge in [0.15, 0.2) is 0 Å². The molecular formula is C23H35N4O5S. The second kappa shape index (κ2) is 11.8. The number of ether oxygens (including phenoxy) is 1. The fraction of sp³-hybridized carbons (Fsp3) is 0.609. The van der Waals surface area contributed by atoms with Crippen molar-refractivity contribution in [2.24, 2.45) is 11.7 Å². The molecule has 1 radical (unpaired) electrons. The van der Waals surface area contributed by atoms with Crippen molar-refractivity contribution in [3.63, 3.8) is 0 Å². The number of sulfonamides is 1. The Kier molecular flexibility index (Phi) is 9.10. The van der Waals surface area contributed by atoms with Gasteiger partial charge in [0.2, 0.25) is 11.8 Å². The predicted octanol–water partition coefficient (Wildman–Crippen LogP) is 1.19. The number of amides is 2. The average Bonchev–Trinajstić information content (AvgIpc) is 3.07. The number of benzene rings is 1. The summed E-state index contributed by atoms with van der Waals surface area (Å²) in [6.45, 7) is 4.58. The number of primary amides is 1. The lowest BCUT2D eigenvalue weighted by Gasteiger charge is -2.30. The lowest BCUT2D eigenvalue weighted by Crippen LogP contribution is -2.48. The third-order valence-electron chi connectivity index (χ3n) is 6.17. The molecule has 183 valence electrons. The predicted molar refractivity (Wildman–Crippen MR) is 125 cm³/mol. The summed E-state index contributed by atoms with van der Waals surface area (Å²) in [5, 5.41) is 6.50. The SMILES string of the molecule is CC(C[CH]C(=O)N([C@H]1CCCCNC1)S(=O)(=O)c1ccc(OC2CCNCC2)cc1)C(N)=O. The maximum Gasteiger partial charge on any atom is 0.266 e. The van der Waals surface area contributed by atoms with Crippen LogP contribution in [0.4, 0.5) is 0 Å². The van der Waals surface area contributed by atoms with Crippen LogP contribution in [0.2, 0.25) is 0 Å². The summed E-state index contributed by atoms with van der Waals surface area (Å²) < 4.78 is 34.1. The van der Waals surface area contributed by atoms with Crippen LogP contribution in [0, 0.1) is 12.3 Å². The molecule has 1 unspecified atom stereocenters. The maximum atomic E-state index is 13.6. The number of hydrogen-bond acceptors (Lipinski definition) is 7. The Balaban J connectivity index is 1.79. The van der Waals surface area contributed by atoms with E-state index in [9.17, 15) is 18.0 Å². The highest BCUT2D eigenvalue weighted by molar-refractivity contribution is 7.89. The molecule has 2 saturated heterocycles. The molecule has 2 fully saturated rings. The molecule has 0 aliphatic carbocycles. The van der Waals surface area contributed by atoms with Crippen molar-refractivity contribution in [3.05, 3.63) is 30.7 Å². The minimum atomic E-state index is -4.10. The zero-order valence-corrected chi connectivity index (χ0v) is 20.0. The third-order valence-corrected chi connectivity index (χ3v) is 8.03. The van der Waals surface area contributed by atoms with Gasteiger partial charge >= 0.3 is 0 Å². The van der Waals surface area contributed by atoms with Crippen molar-refractivity contribution in [3.8, 4) is 5.75 Å². The van der Waals surface area contributed by atoms with Crippen molar-refractivity contribution < 1.29 is 22.7 Å². The van der Waals surface area contributed by atoms with Crippen LogP contribution in [0.3, 0.4) is 0 Å². The molecule has 2 atom stereocenters. The first-order chi connectivity index (χ1) is 15.8. The number of nitrogens with two attached hydrogens (primary N) is 1. The van der Waals surface area contributed by atoms with Crippen LogP contribution in [0.25, 0.3) is 0 Å². The normalized spacial score (nSPS) is 21.1. The summed E-state index contributed by atoms with van der Waals surface area (Å²) in [5.41, 5.74) is 5.29. The van der Waals surface area contributed by atoms with E-state index in [2.05, 4.69) is 10.6 Å². The molecule has 2 aliphatic rings. The van der Waals surface area contributed by atoms with Gasteiger partial charge in [-0.1, -0.05) is 13.3 Å². The van der Waals surface area contributed by atoms with Crippen LogP contribution < -0.4 is 21.1 Å². The zero-order valence-electron chi connectivity index (χ0n) is 19.2. The van der Waals surface area contributed by atoms with E-state index in [1.165, 1.54) is 18.6 Å². The molecule has 1 aromatic rings. The number of piperidine rings is 1. The molecule has 0 spiro atoms. The van der Waals surface area contributed by atoms with Crippen molar-refractivity contribution in [2.45, 2.75) is 62.5 Å². The first kappa shape index (κ1) is 25.5. The quantitative estimate of drug-likeness (QED) is 0.485.